The van der Waals surface area contributed by atoms with Crippen LogP contribution in [0, 0.1) is 20.8 Å². The summed E-state index contributed by atoms with van der Waals surface area (Å²) < 4.78 is 0. The molecule has 13 rings (SSSR count). The molecule has 73 heavy (non-hydrogen) atoms. The van der Waals surface area contributed by atoms with Gasteiger partial charge in [0, 0.05) is 55.1 Å². The van der Waals surface area contributed by atoms with E-state index in [1.54, 1.807) is 0 Å². The van der Waals surface area contributed by atoms with E-state index in [2.05, 4.69) is 291 Å². The zero-order valence-electron chi connectivity index (χ0n) is 41.2. The van der Waals surface area contributed by atoms with Gasteiger partial charge in [0.1, 0.15) is 0 Å². The molecule has 0 aromatic heterocycles. The molecule has 0 radical (unpaired) electrons. The van der Waals surface area contributed by atoms with Crippen molar-refractivity contribution in [3.63, 3.8) is 0 Å². The first-order valence-electron chi connectivity index (χ1n) is 25.3. The first-order chi connectivity index (χ1) is 35.9. The molecule has 0 aliphatic rings. The van der Waals surface area contributed by atoms with Crippen LogP contribution in [0.1, 0.15) is 38.9 Å². The van der Waals surface area contributed by atoms with Crippen molar-refractivity contribution in [1.29, 1.82) is 0 Å². The molecule has 0 saturated heterocycles. The molecule has 0 heterocycles. The molecular formula is C71H52N2. The van der Waals surface area contributed by atoms with Crippen LogP contribution in [-0.2, 0) is 0 Å². The molecule has 0 spiro atoms. The zero-order valence-corrected chi connectivity index (χ0v) is 41.2. The highest BCUT2D eigenvalue weighted by Crippen LogP contribution is 2.55. The van der Waals surface area contributed by atoms with Crippen LogP contribution >= 0.6 is 0 Å². The molecule has 13 aromatic carbocycles. The summed E-state index contributed by atoms with van der Waals surface area (Å²) in [7, 11) is 0. The third kappa shape index (κ3) is 7.76. The highest BCUT2D eigenvalue weighted by Gasteiger charge is 2.27. The summed E-state index contributed by atoms with van der Waals surface area (Å²) in [6.07, 6.45) is 8.78. The molecule has 0 aliphatic heterocycles. The van der Waals surface area contributed by atoms with E-state index in [-0.39, 0.29) is 0 Å². The van der Waals surface area contributed by atoms with Gasteiger partial charge in [0.15, 0.2) is 0 Å². The smallest absolute Gasteiger partial charge is 0.0619 e. The molecule has 0 saturated carbocycles. The summed E-state index contributed by atoms with van der Waals surface area (Å²) >= 11 is 0. The van der Waals surface area contributed by atoms with Gasteiger partial charge in [-0.3, -0.25) is 0 Å². The Labute approximate surface area is 427 Å². The van der Waals surface area contributed by atoms with Crippen LogP contribution in [0.5, 0.6) is 0 Å². The molecule has 0 N–H and O–H groups in total. The van der Waals surface area contributed by atoms with Crippen LogP contribution < -0.4 is 9.80 Å². The van der Waals surface area contributed by atoms with Gasteiger partial charge in [0.05, 0.1) is 11.4 Å². The van der Waals surface area contributed by atoms with Gasteiger partial charge >= 0.3 is 0 Å². The Morgan fingerprint density at radius 3 is 0.863 bits per heavy atom. The second kappa shape index (κ2) is 18.2. The van der Waals surface area contributed by atoms with Gasteiger partial charge in [-0.15, -0.1) is 0 Å². The van der Waals surface area contributed by atoms with Crippen molar-refractivity contribution in [3.05, 3.63) is 276 Å². The Morgan fingerprint density at radius 2 is 0.479 bits per heavy atom. The Balaban J connectivity index is 1.06. The first kappa shape index (κ1) is 43.8. The summed E-state index contributed by atoms with van der Waals surface area (Å²) in [6, 6.07) is 87.4. The van der Waals surface area contributed by atoms with Gasteiger partial charge in [0.2, 0.25) is 0 Å². The Morgan fingerprint density at radius 1 is 0.219 bits per heavy atom. The van der Waals surface area contributed by atoms with Crippen molar-refractivity contribution >= 4 is 123 Å². The van der Waals surface area contributed by atoms with Crippen LogP contribution in [-0.4, -0.2) is 0 Å². The fourth-order valence-corrected chi connectivity index (χ4v) is 11.2. The normalized spacial score (nSPS) is 11.9. The Bertz CT molecular complexity index is 4230. The third-order valence-electron chi connectivity index (χ3n) is 14.7. The van der Waals surface area contributed by atoms with E-state index >= 15 is 0 Å². The summed E-state index contributed by atoms with van der Waals surface area (Å²) in [4.78, 5) is 4.97. The molecular weight excluding hydrogens is 881 g/mol. The van der Waals surface area contributed by atoms with Crippen LogP contribution in [0.25, 0.3) is 88.9 Å². The molecule has 0 unspecified atom stereocenters. The maximum absolute atomic E-state index is 2.48. The third-order valence-corrected chi connectivity index (χ3v) is 14.7. The molecule has 0 bridgehead atoms. The highest BCUT2D eigenvalue weighted by molar-refractivity contribution is 6.46. The second-order valence-corrected chi connectivity index (χ2v) is 19.5. The number of hydrogen-bond acceptors (Lipinski definition) is 2. The highest BCUT2D eigenvalue weighted by atomic mass is 15.2. The predicted octanol–water partition coefficient (Wildman–Crippen LogP) is 20.2. The lowest BCUT2D eigenvalue weighted by molar-refractivity contribution is 1.30. The molecule has 13 aromatic rings. The Hall–Kier alpha value is -9.24. The lowest BCUT2D eigenvalue weighted by atomic mass is 9.83. The van der Waals surface area contributed by atoms with Gasteiger partial charge in [-0.25, -0.2) is 0 Å². The van der Waals surface area contributed by atoms with Gasteiger partial charge < -0.3 is 9.80 Å². The van der Waals surface area contributed by atoms with Gasteiger partial charge in [0.25, 0.3) is 0 Å². The molecule has 2 nitrogen and oxygen atoms in total. The molecule has 346 valence electrons. The van der Waals surface area contributed by atoms with E-state index in [0.29, 0.717) is 0 Å². The maximum atomic E-state index is 2.48. The lowest BCUT2D eigenvalue weighted by Crippen LogP contribution is -2.12. The van der Waals surface area contributed by atoms with E-state index in [4.69, 9.17) is 0 Å². The van der Waals surface area contributed by atoms with Crippen LogP contribution in [0.15, 0.2) is 237 Å². The molecule has 0 fully saturated rings. The topological polar surface area (TPSA) is 6.48 Å². The van der Waals surface area contributed by atoms with E-state index in [1.165, 1.54) is 104 Å². The van der Waals surface area contributed by atoms with E-state index in [0.717, 1.165) is 33.9 Å². The standard InChI is InChI=1S/C71H52N2/c1-47-23-29-51(30-24-47)33-34-53-37-45-57(46-38-53)73(55-41-27-49(3)28-42-55)71-63-18-10-8-16-61(63)69-67-59(20-12-22-65(67)71)58-19-11-21-64-66(58)68(69)60-15-7-9-17-62(60)70(64)72(54-39-25-48(2)26-40-54)56-43-35-52(36-44-56)32-31-50-13-5-4-6-14-50/h4-46H,1-3H3. The quantitative estimate of drug-likeness (QED) is 0.0766. The molecule has 2 heteroatoms. The summed E-state index contributed by atoms with van der Waals surface area (Å²) in [5.41, 5.74) is 15.2. The minimum atomic E-state index is 1.10. The predicted molar refractivity (Wildman–Crippen MR) is 317 cm³/mol. The first-order valence-corrected chi connectivity index (χ1v) is 25.3. The average molecular weight is 933 g/mol. The van der Waals surface area contributed by atoms with Crippen LogP contribution in [0.4, 0.5) is 34.1 Å². The van der Waals surface area contributed by atoms with Crippen LogP contribution in [0.3, 0.4) is 0 Å². The maximum Gasteiger partial charge on any atom is 0.0619 e. The average Bonchev–Trinajstić information content (AvgIpc) is 3.44. The number of nitrogens with zero attached hydrogens (tertiary/aromatic N) is 2. The number of hydrogen-bond donors (Lipinski definition) is 0. The fourth-order valence-electron chi connectivity index (χ4n) is 11.2. The summed E-state index contributed by atoms with van der Waals surface area (Å²) in [5.74, 6) is 0. The minimum absolute atomic E-state index is 1.10. The van der Waals surface area contributed by atoms with Crippen molar-refractivity contribution < 1.29 is 0 Å². The molecule has 0 atom stereocenters. The van der Waals surface area contributed by atoms with Gasteiger partial charge in [-0.2, -0.15) is 0 Å². The van der Waals surface area contributed by atoms with E-state index in [1.807, 2.05) is 0 Å². The van der Waals surface area contributed by atoms with Crippen molar-refractivity contribution in [2.45, 2.75) is 20.8 Å². The number of anilines is 6. The largest absolute Gasteiger partial charge is 0.309 e. The SMILES string of the molecule is Cc1ccc(C=Cc2ccc(N(c3ccc(C)cc3)c3c4ccccc4c4c5c3cccc5c3cccc5c(N(c6ccc(C)cc6)c6ccc(C=Cc7ccccc7)cc6)c6ccccc6c4c53)cc2)cc1. The van der Waals surface area contributed by atoms with Gasteiger partial charge in [-0.1, -0.05) is 229 Å². The molecule has 0 aliphatic carbocycles. The van der Waals surface area contributed by atoms with Crippen LogP contribution in [0.2, 0.25) is 0 Å². The van der Waals surface area contributed by atoms with Crippen molar-refractivity contribution in [1.82, 2.24) is 0 Å². The summed E-state index contributed by atoms with van der Waals surface area (Å²) in [5, 5.41) is 14.9. The minimum Gasteiger partial charge on any atom is -0.309 e. The second-order valence-electron chi connectivity index (χ2n) is 19.5. The van der Waals surface area contributed by atoms with Crippen molar-refractivity contribution in [2.24, 2.45) is 0 Å². The lowest BCUT2D eigenvalue weighted by Gasteiger charge is -2.31. The van der Waals surface area contributed by atoms with Crippen molar-refractivity contribution in [2.75, 3.05) is 9.80 Å². The number of fused-ring (bicyclic) bond motifs is 6. The van der Waals surface area contributed by atoms with Crippen molar-refractivity contribution in [3.8, 4) is 0 Å². The van der Waals surface area contributed by atoms with E-state index < -0.39 is 0 Å². The number of benzene rings is 13. The van der Waals surface area contributed by atoms with Gasteiger partial charge in [-0.05, 0) is 124 Å². The zero-order chi connectivity index (χ0) is 49.0. The number of aryl methyl sites for hydroxylation is 3. The Kier molecular flexibility index (Phi) is 10.9. The fraction of sp³-hybridized carbons (Fsp3) is 0.0423. The van der Waals surface area contributed by atoms with E-state index in [9.17, 15) is 0 Å². The number of rotatable bonds is 10. The summed E-state index contributed by atoms with van der Waals surface area (Å²) in [6.45, 7) is 6.45. The monoisotopic (exact) mass is 932 g/mol. The molecule has 0 amide bonds.